The van der Waals surface area contributed by atoms with Gasteiger partial charge in [-0.3, -0.25) is 18.9 Å². The molecule has 0 bridgehead atoms. The van der Waals surface area contributed by atoms with Crippen LogP contribution in [-0.2, 0) is 27.8 Å². The van der Waals surface area contributed by atoms with Crippen LogP contribution in [0.25, 0.3) is 10.9 Å². The number of aliphatic hydroxyl groups excluding tert-OH is 1. The Morgan fingerprint density at radius 3 is 2.33 bits per heavy atom. The van der Waals surface area contributed by atoms with Gasteiger partial charge in [0, 0.05) is 36.6 Å². The van der Waals surface area contributed by atoms with E-state index in [2.05, 4.69) is 15.5 Å². The molecule has 286 valence electrons. The van der Waals surface area contributed by atoms with Gasteiger partial charge in [0.05, 0.1) is 35.3 Å². The zero-order chi connectivity index (χ0) is 39.0. The monoisotopic (exact) mass is 754 g/mol. The van der Waals surface area contributed by atoms with Crippen molar-refractivity contribution in [2.45, 2.75) is 77.1 Å². The molecule has 3 aromatic carbocycles. The van der Waals surface area contributed by atoms with E-state index in [1.165, 1.54) is 39.4 Å². The van der Waals surface area contributed by atoms with E-state index in [1.54, 1.807) is 17.0 Å². The Balaban J connectivity index is 1.45. The number of imidazole rings is 1. The van der Waals surface area contributed by atoms with Gasteiger partial charge in [0.1, 0.15) is 6.04 Å². The molecule has 4 atom stereocenters. The maximum Gasteiger partial charge on any atom is 0.329 e. The highest BCUT2D eigenvalue weighted by molar-refractivity contribution is 7.89. The predicted molar refractivity (Wildman–Crippen MR) is 210 cm³/mol. The predicted octanol–water partition coefficient (Wildman–Crippen LogP) is 5.39. The molecule has 0 spiro atoms. The summed E-state index contributed by atoms with van der Waals surface area (Å²) in [5.41, 5.74) is 3.62. The molecular weight excluding hydrogens is 705 g/mol. The summed E-state index contributed by atoms with van der Waals surface area (Å²) in [4.78, 5) is 33.0. The molecule has 5 aromatic rings. The number of sulfonamides is 1. The van der Waals surface area contributed by atoms with Gasteiger partial charge in [-0.05, 0) is 66.1 Å². The number of carbonyl (C=O) groups is 1. The van der Waals surface area contributed by atoms with Crippen LogP contribution in [-0.4, -0.2) is 74.5 Å². The fourth-order valence-corrected chi connectivity index (χ4v) is 8.35. The van der Waals surface area contributed by atoms with Crippen molar-refractivity contribution in [2.75, 3.05) is 13.1 Å². The van der Waals surface area contributed by atoms with E-state index in [1.807, 2.05) is 95.3 Å². The van der Waals surface area contributed by atoms with Crippen molar-refractivity contribution >= 4 is 33.0 Å². The maximum atomic E-state index is 14.4. The molecule has 0 aliphatic heterocycles. The van der Waals surface area contributed by atoms with Gasteiger partial charge < -0.3 is 15.6 Å². The highest BCUT2D eigenvalue weighted by Gasteiger charge is 2.34. The van der Waals surface area contributed by atoms with Crippen molar-refractivity contribution in [3.05, 3.63) is 130 Å². The van der Waals surface area contributed by atoms with Crippen molar-refractivity contribution in [3.8, 4) is 0 Å². The molecular formula is C41H50N6O6S. The lowest BCUT2D eigenvalue weighted by molar-refractivity contribution is -0.127. The normalized spacial score (nSPS) is 14.4. The van der Waals surface area contributed by atoms with Gasteiger partial charge in [0.2, 0.25) is 15.9 Å². The van der Waals surface area contributed by atoms with E-state index in [9.17, 15) is 23.1 Å². The molecule has 0 aliphatic rings. The maximum absolute atomic E-state index is 14.4. The minimum absolute atomic E-state index is 0.0183. The lowest BCUT2D eigenvalue weighted by Gasteiger charge is -2.32. The number of hydrogen-bond donors (Lipinski definition) is 3. The summed E-state index contributed by atoms with van der Waals surface area (Å²) in [6, 6.07) is 23.2. The third-order valence-electron chi connectivity index (χ3n) is 9.67. The number of carbonyl (C=O) groups excluding carboxylic acids is 1. The van der Waals surface area contributed by atoms with E-state index in [0.29, 0.717) is 12.0 Å². The Bertz CT molecular complexity index is 2220. The number of rotatable bonds is 17. The molecule has 2 aromatic heterocycles. The van der Waals surface area contributed by atoms with E-state index in [-0.39, 0.29) is 48.5 Å². The molecule has 2 heterocycles. The van der Waals surface area contributed by atoms with Gasteiger partial charge in [-0.15, -0.1) is 0 Å². The zero-order valence-corrected chi connectivity index (χ0v) is 32.2. The van der Waals surface area contributed by atoms with Gasteiger partial charge in [0.15, 0.2) is 0 Å². The average Bonchev–Trinajstić information content (AvgIpc) is 3.49. The quantitative estimate of drug-likeness (QED) is 0.0653. The molecule has 5 rings (SSSR count). The Morgan fingerprint density at radius 2 is 1.67 bits per heavy atom. The van der Waals surface area contributed by atoms with Crippen LogP contribution in [0, 0.1) is 18.8 Å². The van der Waals surface area contributed by atoms with Crippen LogP contribution in [0.5, 0.6) is 0 Å². The Kier molecular flexibility index (Phi) is 13.2. The number of hydrogen-bond acceptors (Lipinski definition) is 8. The first-order valence-corrected chi connectivity index (χ1v) is 19.7. The fourth-order valence-electron chi connectivity index (χ4n) is 6.73. The number of fused-ring (bicyclic) bond motifs is 1. The smallest absolute Gasteiger partial charge is 0.329 e. The first-order chi connectivity index (χ1) is 25.8. The van der Waals surface area contributed by atoms with E-state index in [4.69, 9.17) is 5.21 Å². The number of para-hydroxylation sites is 1. The summed E-state index contributed by atoms with van der Waals surface area (Å²) in [6.45, 7) is 9.67. The molecule has 0 saturated heterocycles. The largest absolute Gasteiger partial charge is 0.411 e. The molecule has 12 nitrogen and oxygen atoms in total. The molecule has 1 amide bonds. The van der Waals surface area contributed by atoms with Crippen LogP contribution in [0.15, 0.2) is 112 Å². The van der Waals surface area contributed by atoms with Gasteiger partial charge in [-0.1, -0.05) is 99.9 Å². The van der Waals surface area contributed by atoms with Crippen molar-refractivity contribution in [2.24, 2.45) is 17.0 Å². The topological polar surface area (TPSA) is 159 Å². The number of nitrogens with zero attached hydrogens (tertiary/aromatic N) is 5. The lowest BCUT2D eigenvalue weighted by atomic mass is 9.96. The van der Waals surface area contributed by atoms with Crippen LogP contribution in [0.1, 0.15) is 62.5 Å². The first kappa shape index (κ1) is 40.1. The molecule has 3 N–H and O–H groups in total. The zero-order valence-electron chi connectivity index (χ0n) is 31.4. The number of benzene rings is 3. The fraction of sp³-hybridized carbons (Fsp3) is 0.366. The lowest BCUT2D eigenvalue weighted by Crippen LogP contribution is -2.53. The van der Waals surface area contributed by atoms with Crippen LogP contribution in [0.3, 0.4) is 0 Å². The molecule has 0 saturated carbocycles. The molecule has 13 heteroatoms. The average molecular weight is 755 g/mol. The molecule has 54 heavy (non-hydrogen) atoms. The highest BCUT2D eigenvalue weighted by atomic mass is 32.2. The third kappa shape index (κ3) is 9.51. The number of oxime groups is 1. The second-order valence-electron chi connectivity index (χ2n) is 14.3. The molecule has 0 unspecified atom stereocenters. The summed E-state index contributed by atoms with van der Waals surface area (Å²) < 4.78 is 32.2. The summed E-state index contributed by atoms with van der Waals surface area (Å²) in [7, 11) is -4.08. The SMILES string of the molecule is CC[C@H](C)[C@@H](C(=O)N[C@@H](Cc1ccccc1)[C@H](O)CN(CC(C)C)S(=O)(=O)c1ccc(/C=N/O)cc1)n1ccn(Cc2cc(C)nc3ccccc23)c1=O. The van der Waals surface area contributed by atoms with Crippen molar-refractivity contribution < 1.29 is 23.5 Å². The van der Waals surface area contributed by atoms with Crippen molar-refractivity contribution in [3.63, 3.8) is 0 Å². The van der Waals surface area contributed by atoms with Gasteiger partial charge >= 0.3 is 5.69 Å². The summed E-state index contributed by atoms with van der Waals surface area (Å²) >= 11 is 0. The number of nitrogens with one attached hydrogen (secondary N) is 1. The Morgan fingerprint density at radius 1 is 0.981 bits per heavy atom. The Labute approximate surface area is 316 Å². The molecule has 0 aliphatic carbocycles. The number of aryl methyl sites for hydroxylation is 1. The summed E-state index contributed by atoms with van der Waals surface area (Å²) in [5, 5.41) is 27.7. The standard InChI is InChI=1S/C41H50N6O6S/c1-6-29(4)39(47-21-20-45(41(47)50)26-33-22-30(5)43-36-15-11-10-14-35(33)36)40(49)44-37(23-31-12-8-7-9-13-31)38(48)27-46(25-28(2)3)54(52,53)34-18-16-32(17-19-34)24-42-51/h7-22,24,28-29,37-39,48,51H,6,23,25-27H2,1-5H3,(H,44,49)/b42-24+/t29-,37-,38+,39-/m0/s1. The van der Waals surface area contributed by atoms with Crippen molar-refractivity contribution in [1.29, 1.82) is 0 Å². The first-order valence-electron chi connectivity index (χ1n) is 18.2. The minimum atomic E-state index is -4.08. The molecule has 0 radical (unpaired) electrons. The summed E-state index contributed by atoms with van der Waals surface area (Å²) in [5.74, 6) is -0.780. The number of amides is 1. The third-order valence-corrected chi connectivity index (χ3v) is 11.5. The number of aromatic nitrogens is 3. The van der Waals surface area contributed by atoms with Crippen LogP contribution >= 0.6 is 0 Å². The second-order valence-corrected chi connectivity index (χ2v) is 16.2. The van der Waals surface area contributed by atoms with Gasteiger partial charge in [0.25, 0.3) is 0 Å². The highest BCUT2D eigenvalue weighted by Crippen LogP contribution is 2.24. The van der Waals surface area contributed by atoms with Crippen LogP contribution < -0.4 is 11.0 Å². The number of aliphatic hydroxyl groups is 1. The van der Waals surface area contributed by atoms with Crippen molar-refractivity contribution in [1.82, 2.24) is 23.7 Å². The van der Waals surface area contributed by atoms with Gasteiger partial charge in [-0.2, -0.15) is 4.31 Å². The van der Waals surface area contributed by atoms with E-state index >= 15 is 0 Å². The van der Waals surface area contributed by atoms with E-state index in [0.717, 1.165) is 27.7 Å². The molecule has 0 fully saturated rings. The van der Waals surface area contributed by atoms with Gasteiger partial charge in [-0.25, -0.2) is 13.2 Å². The number of pyridine rings is 1. The van der Waals surface area contributed by atoms with Crippen LogP contribution in [0.4, 0.5) is 0 Å². The summed E-state index contributed by atoms with van der Waals surface area (Å²) in [6.07, 6.45) is 4.01. The van der Waals surface area contributed by atoms with Crippen LogP contribution in [0.2, 0.25) is 0 Å². The minimum Gasteiger partial charge on any atom is -0.411 e. The van der Waals surface area contributed by atoms with E-state index < -0.39 is 34.1 Å². The Hall–Kier alpha value is -5.11. The second kappa shape index (κ2) is 17.8.